The Morgan fingerprint density at radius 3 is 2.42 bits per heavy atom. The van der Waals surface area contributed by atoms with Gasteiger partial charge in [0.1, 0.15) is 5.65 Å². The highest BCUT2D eigenvalue weighted by molar-refractivity contribution is 7.92. The predicted octanol–water partition coefficient (Wildman–Crippen LogP) is 4.67. The Morgan fingerprint density at radius 2 is 1.79 bits per heavy atom. The lowest BCUT2D eigenvalue weighted by Crippen LogP contribution is -2.31. The molecule has 1 N–H and O–H groups in total. The summed E-state index contributed by atoms with van der Waals surface area (Å²) in [4.78, 5) is 15.4. The van der Waals surface area contributed by atoms with Gasteiger partial charge in [-0.2, -0.15) is 0 Å². The summed E-state index contributed by atoms with van der Waals surface area (Å²) in [7, 11) is -4.28. The smallest absolute Gasteiger partial charge is 0.335 e. The number of hydrogen-bond acceptors (Lipinski definition) is 4. The third-order valence-corrected chi connectivity index (χ3v) is 7.01. The van der Waals surface area contributed by atoms with Crippen LogP contribution >= 0.6 is 11.6 Å². The number of fused-ring (bicyclic) bond motifs is 1. The van der Waals surface area contributed by atoms with Crippen LogP contribution in [0.2, 0.25) is 5.02 Å². The minimum absolute atomic E-state index is 0.0595. The van der Waals surface area contributed by atoms with Crippen molar-refractivity contribution < 1.29 is 27.1 Å². The summed E-state index contributed by atoms with van der Waals surface area (Å²) in [6, 6.07) is 11.0. The summed E-state index contributed by atoms with van der Waals surface area (Å²) in [6.45, 7) is 1.30. The van der Waals surface area contributed by atoms with Gasteiger partial charge in [0.2, 0.25) is 0 Å². The van der Waals surface area contributed by atoms with Crippen LogP contribution in [0.25, 0.3) is 5.65 Å². The van der Waals surface area contributed by atoms with Crippen LogP contribution in [0, 0.1) is 18.6 Å². The fourth-order valence-electron chi connectivity index (χ4n) is 3.33. The molecule has 0 saturated heterocycles. The summed E-state index contributed by atoms with van der Waals surface area (Å²) < 4.78 is 57.0. The van der Waals surface area contributed by atoms with E-state index in [4.69, 9.17) is 16.7 Å². The highest BCUT2D eigenvalue weighted by Gasteiger charge is 2.30. The molecule has 0 spiro atoms. The van der Waals surface area contributed by atoms with Crippen molar-refractivity contribution in [2.24, 2.45) is 0 Å². The highest BCUT2D eigenvalue weighted by atomic mass is 35.5. The molecule has 0 atom stereocenters. The molecule has 2 aromatic carbocycles. The first-order valence-corrected chi connectivity index (χ1v) is 11.3. The van der Waals surface area contributed by atoms with Crippen LogP contribution in [0.5, 0.6) is 0 Å². The zero-order valence-corrected chi connectivity index (χ0v) is 18.6. The fourth-order valence-corrected chi connectivity index (χ4v) is 4.95. The van der Waals surface area contributed by atoms with Crippen molar-refractivity contribution in [2.75, 3.05) is 4.31 Å². The van der Waals surface area contributed by atoms with Crippen LogP contribution in [0.3, 0.4) is 0 Å². The third kappa shape index (κ3) is 4.27. The second kappa shape index (κ2) is 8.45. The summed E-state index contributed by atoms with van der Waals surface area (Å²) in [5, 5.41) is 9.51. The molecule has 0 aliphatic heterocycles. The number of carboxylic acids is 1. The van der Waals surface area contributed by atoms with Crippen molar-refractivity contribution in [1.82, 2.24) is 9.38 Å². The summed E-state index contributed by atoms with van der Waals surface area (Å²) in [5.41, 5.74) is 0.980. The number of carbonyl (C=O) groups is 1. The largest absolute Gasteiger partial charge is 0.478 e. The Balaban J connectivity index is 1.88. The van der Waals surface area contributed by atoms with E-state index in [1.54, 1.807) is 29.7 Å². The molecule has 2 aromatic heterocycles. The SMILES string of the molecule is Cc1c(N(Cc2ccc(F)c(F)c2)S(=O)(=O)c2ccc(C(=O)O)cc2)nc2ccc(Cl)cn12. The van der Waals surface area contributed by atoms with E-state index in [1.807, 2.05) is 0 Å². The van der Waals surface area contributed by atoms with E-state index < -0.39 is 27.6 Å². The molecule has 0 aliphatic carbocycles. The minimum atomic E-state index is -4.28. The lowest BCUT2D eigenvalue weighted by atomic mass is 10.2. The minimum Gasteiger partial charge on any atom is -0.478 e. The summed E-state index contributed by atoms with van der Waals surface area (Å²) in [5.74, 6) is -3.32. The predicted molar refractivity (Wildman–Crippen MR) is 118 cm³/mol. The van der Waals surface area contributed by atoms with Crippen LogP contribution in [0.1, 0.15) is 21.6 Å². The van der Waals surface area contributed by atoms with E-state index >= 15 is 0 Å². The number of aryl methyl sites for hydroxylation is 1. The second-order valence-electron chi connectivity index (χ2n) is 7.19. The Hall–Kier alpha value is -3.50. The number of halogens is 3. The number of hydrogen-bond donors (Lipinski definition) is 1. The molecule has 170 valence electrons. The third-order valence-electron chi connectivity index (χ3n) is 5.03. The number of rotatable bonds is 6. The van der Waals surface area contributed by atoms with Gasteiger partial charge in [0.05, 0.1) is 27.7 Å². The van der Waals surface area contributed by atoms with Crippen molar-refractivity contribution in [2.45, 2.75) is 18.4 Å². The van der Waals surface area contributed by atoms with E-state index in [2.05, 4.69) is 4.98 Å². The quantitative estimate of drug-likeness (QED) is 0.423. The van der Waals surface area contributed by atoms with Crippen molar-refractivity contribution in [3.05, 3.63) is 94.3 Å². The molecule has 0 fully saturated rings. The van der Waals surface area contributed by atoms with E-state index in [1.165, 1.54) is 30.3 Å². The monoisotopic (exact) mass is 491 g/mol. The number of benzene rings is 2. The zero-order valence-electron chi connectivity index (χ0n) is 17.0. The molecule has 7 nitrogen and oxygen atoms in total. The van der Waals surface area contributed by atoms with Gasteiger partial charge < -0.3 is 9.51 Å². The number of pyridine rings is 1. The molecule has 0 unspecified atom stereocenters. The average Bonchev–Trinajstić information content (AvgIpc) is 3.09. The van der Waals surface area contributed by atoms with Gasteiger partial charge in [0, 0.05) is 6.20 Å². The lowest BCUT2D eigenvalue weighted by molar-refractivity contribution is 0.0696. The maximum Gasteiger partial charge on any atom is 0.335 e. The van der Waals surface area contributed by atoms with E-state index in [-0.39, 0.29) is 28.4 Å². The zero-order chi connectivity index (χ0) is 23.9. The molecule has 0 saturated carbocycles. The first-order chi connectivity index (χ1) is 15.6. The number of carboxylic acid groups (broad SMARTS) is 1. The molecular weight excluding hydrogens is 476 g/mol. The number of aromatic nitrogens is 2. The standard InChI is InChI=1S/C22H16ClF2N3O4S/c1-13-21(26-20-9-5-16(23)12-27(13)20)28(11-14-2-8-18(24)19(25)10-14)33(31,32)17-6-3-15(4-7-17)22(29)30/h2-10,12H,11H2,1H3,(H,29,30). The summed E-state index contributed by atoms with van der Waals surface area (Å²) in [6.07, 6.45) is 1.58. The molecule has 0 radical (unpaired) electrons. The van der Waals surface area contributed by atoms with E-state index in [0.717, 1.165) is 16.4 Å². The molecule has 0 amide bonds. The van der Waals surface area contributed by atoms with Crippen molar-refractivity contribution >= 4 is 39.1 Å². The van der Waals surface area contributed by atoms with Crippen LogP contribution in [-0.2, 0) is 16.6 Å². The molecule has 4 rings (SSSR count). The van der Waals surface area contributed by atoms with E-state index in [0.29, 0.717) is 16.4 Å². The van der Waals surface area contributed by atoms with Crippen LogP contribution in [-0.4, -0.2) is 28.9 Å². The molecule has 2 heterocycles. The average molecular weight is 492 g/mol. The molecule has 0 aliphatic rings. The Labute approximate surface area is 192 Å². The van der Waals surface area contributed by atoms with Gasteiger partial charge in [-0.3, -0.25) is 0 Å². The van der Waals surface area contributed by atoms with E-state index in [9.17, 15) is 22.0 Å². The first-order valence-electron chi connectivity index (χ1n) is 9.52. The Kier molecular flexibility index (Phi) is 5.81. The number of sulfonamides is 1. The molecule has 0 bridgehead atoms. The van der Waals surface area contributed by atoms with Gasteiger partial charge in [-0.05, 0) is 61.0 Å². The maximum atomic E-state index is 13.8. The lowest BCUT2D eigenvalue weighted by Gasteiger charge is -2.23. The first kappa shape index (κ1) is 22.7. The number of nitrogens with zero attached hydrogens (tertiary/aromatic N) is 3. The van der Waals surface area contributed by atoms with Gasteiger partial charge in [0.15, 0.2) is 17.5 Å². The normalized spacial score (nSPS) is 11.6. The van der Waals surface area contributed by atoms with Gasteiger partial charge in [-0.25, -0.2) is 31.3 Å². The topological polar surface area (TPSA) is 92.0 Å². The van der Waals surface area contributed by atoms with Gasteiger partial charge in [-0.15, -0.1) is 0 Å². The summed E-state index contributed by atoms with van der Waals surface area (Å²) >= 11 is 6.06. The maximum absolute atomic E-state index is 13.8. The van der Waals surface area contributed by atoms with Gasteiger partial charge >= 0.3 is 5.97 Å². The highest BCUT2D eigenvalue weighted by Crippen LogP contribution is 2.30. The number of aromatic carboxylic acids is 1. The van der Waals surface area contributed by atoms with Crippen molar-refractivity contribution in [1.29, 1.82) is 0 Å². The number of anilines is 1. The van der Waals surface area contributed by atoms with Gasteiger partial charge in [-0.1, -0.05) is 17.7 Å². The molecular formula is C22H16ClF2N3O4S. The van der Waals surface area contributed by atoms with Crippen molar-refractivity contribution in [3.63, 3.8) is 0 Å². The second-order valence-corrected chi connectivity index (χ2v) is 9.48. The van der Waals surface area contributed by atoms with Crippen LogP contribution in [0.4, 0.5) is 14.6 Å². The fraction of sp³-hybridized carbons (Fsp3) is 0.0909. The molecule has 4 aromatic rings. The van der Waals surface area contributed by atoms with Crippen LogP contribution in [0.15, 0.2) is 65.7 Å². The molecule has 33 heavy (non-hydrogen) atoms. The molecule has 11 heteroatoms. The number of imidazole rings is 1. The van der Waals surface area contributed by atoms with Crippen molar-refractivity contribution in [3.8, 4) is 0 Å². The van der Waals surface area contributed by atoms with Crippen LogP contribution < -0.4 is 4.31 Å². The van der Waals surface area contributed by atoms with Gasteiger partial charge in [0.25, 0.3) is 10.0 Å². The Bertz CT molecular complexity index is 1490. The Morgan fingerprint density at radius 1 is 1.09 bits per heavy atom.